The highest BCUT2D eigenvalue weighted by Crippen LogP contribution is 2.44. The van der Waals surface area contributed by atoms with Crippen LogP contribution in [0.3, 0.4) is 0 Å². The summed E-state index contributed by atoms with van der Waals surface area (Å²) in [7, 11) is 0. The zero-order valence-corrected chi connectivity index (χ0v) is 16.3. The Hall–Kier alpha value is -3.14. The summed E-state index contributed by atoms with van der Waals surface area (Å²) in [5.41, 5.74) is 0.206. The molecule has 1 aromatic carbocycles. The van der Waals surface area contributed by atoms with Gasteiger partial charge in [0.2, 0.25) is 5.88 Å². The van der Waals surface area contributed by atoms with Gasteiger partial charge < -0.3 is 14.8 Å². The molecule has 2 aromatic rings. The Kier molecular flexibility index (Phi) is 4.50. The molecule has 4 rings (SSSR count). The van der Waals surface area contributed by atoms with E-state index in [1.54, 1.807) is 26.8 Å². The van der Waals surface area contributed by atoms with Crippen LogP contribution < -0.4 is 15.0 Å². The third-order valence-electron chi connectivity index (χ3n) is 4.95. The van der Waals surface area contributed by atoms with Gasteiger partial charge in [-0.3, -0.25) is 4.79 Å². The average molecular weight is 421 g/mol. The van der Waals surface area contributed by atoms with E-state index in [2.05, 4.69) is 10.3 Å². The van der Waals surface area contributed by atoms with Crippen LogP contribution in [0.2, 0.25) is 0 Å². The zero-order valence-electron chi connectivity index (χ0n) is 16.3. The van der Waals surface area contributed by atoms with Crippen molar-refractivity contribution in [2.24, 2.45) is 0 Å². The minimum atomic E-state index is -4.52. The Morgan fingerprint density at radius 1 is 1.27 bits per heavy atom. The van der Waals surface area contributed by atoms with Crippen molar-refractivity contribution in [2.45, 2.75) is 45.2 Å². The number of carbonyl (C=O) groups is 2. The molecule has 1 atom stereocenters. The molecule has 2 aliphatic heterocycles. The van der Waals surface area contributed by atoms with Gasteiger partial charge in [-0.2, -0.15) is 13.2 Å². The van der Waals surface area contributed by atoms with Gasteiger partial charge in [0.05, 0.1) is 18.5 Å². The lowest BCUT2D eigenvalue weighted by molar-refractivity contribution is -0.219. The van der Waals surface area contributed by atoms with Crippen LogP contribution in [0.5, 0.6) is 11.6 Å². The molecule has 1 aromatic heterocycles. The van der Waals surface area contributed by atoms with Crippen molar-refractivity contribution in [3.8, 4) is 11.6 Å². The highest BCUT2D eigenvalue weighted by Gasteiger charge is 2.46. The topological polar surface area (TPSA) is 80.8 Å². The first-order valence-electron chi connectivity index (χ1n) is 9.10. The average Bonchev–Trinajstić information content (AvgIpc) is 3.15. The summed E-state index contributed by atoms with van der Waals surface area (Å²) in [6, 6.07) is 5.34. The van der Waals surface area contributed by atoms with Gasteiger partial charge in [-0.15, -0.1) is 0 Å². The van der Waals surface area contributed by atoms with E-state index in [0.717, 1.165) is 4.90 Å². The lowest BCUT2D eigenvalue weighted by atomic mass is 10.0. The predicted molar refractivity (Wildman–Crippen MR) is 99.2 cm³/mol. The van der Waals surface area contributed by atoms with Crippen LogP contribution in [0, 0.1) is 6.92 Å². The van der Waals surface area contributed by atoms with Crippen molar-refractivity contribution in [3.63, 3.8) is 0 Å². The fourth-order valence-corrected chi connectivity index (χ4v) is 3.42. The molecule has 30 heavy (non-hydrogen) atoms. The number of hydrogen-bond acceptors (Lipinski definition) is 5. The SMILES string of the molecule is Cc1cc(N2C(=O)NC(C)(C)C2=O)cnc1Oc1ccc2c(c1)C(C(F)(F)F)OC2. The number of urea groups is 1. The van der Waals surface area contributed by atoms with Crippen molar-refractivity contribution in [1.29, 1.82) is 0 Å². The number of amides is 3. The van der Waals surface area contributed by atoms with Crippen LogP contribution in [0.25, 0.3) is 0 Å². The molecular formula is C20H18F3N3O4. The number of carbonyl (C=O) groups excluding carboxylic acids is 2. The summed E-state index contributed by atoms with van der Waals surface area (Å²) in [6.45, 7) is 4.73. The van der Waals surface area contributed by atoms with E-state index in [0.29, 0.717) is 11.1 Å². The maximum absolute atomic E-state index is 13.1. The van der Waals surface area contributed by atoms with Crippen LogP contribution in [-0.2, 0) is 16.1 Å². The largest absolute Gasteiger partial charge is 0.439 e. The number of nitrogens with zero attached hydrogens (tertiary/aromatic N) is 2. The number of pyridine rings is 1. The molecule has 7 nitrogen and oxygen atoms in total. The first-order valence-corrected chi connectivity index (χ1v) is 9.10. The number of rotatable bonds is 3. The van der Waals surface area contributed by atoms with E-state index in [1.165, 1.54) is 24.4 Å². The van der Waals surface area contributed by atoms with Gasteiger partial charge in [0.25, 0.3) is 5.91 Å². The Bertz CT molecular complexity index is 1050. The maximum Gasteiger partial charge on any atom is 0.418 e. The van der Waals surface area contributed by atoms with Crippen LogP contribution in [0.1, 0.15) is 36.6 Å². The monoisotopic (exact) mass is 421 g/mol. The highest BCUT2D eigenvalue weighted by molar-refractivity contribution is 6.22. The Balaban J connectivity index is 1.59. The zero-order chi connectivity index (χ0) is 21.8. The van der Waals surface area contributed by atoms with Crippen molar-refractivity contribution in [1.82, 2.24) is 10.3 Å². The van der Waals surface area contributed by atoms with Crippen molar-refractivity contribution in [2.75, 3.05) is 4.90 Å². The number of fused-ring (bicyclic) bond motifs is 1. The van der Waals surface area contributed by atoms with E-state index < -0.39 is 29.8 Å². The first kappa shape index (κ1) is 20.1. The summed E-state index contributed by atoms with van der Waals surface area (Å²) in [5, 5.41) is 2.58. The smallest absolute Gasteiger partial charge is 0.418 e. The second-order valence-corrected chi connectivity index (χ2v) is 7.71. The number of alkyl halides is 3. The summed E-state index contributed by atoms with van der Waals surface area (Å²) < 4.78 is 49.9. The summed E-state index contributed by atoms with van der Waals surface area (Å²) in [5.74, 6) is -0.0975. The Labute approximate surface area is 169 Å². The van der Waals surface area contributed by atoms with Crippen LogP contribution in [-0.4, -0.2) is 28.6 Å². The number of anilines is 1. The first-order chi connectivity index (χ1) is 14.0. The summed E-state index contributed by atoms with van der Waals surface area (Å²) >= 11 is 0. The van der Waals surface area contributed by atoms with Crippen molar-refractivity contribution in [3.05, 3.63) is 47.2 Å². The number of halogens is 3. The van der Waals surface area contributed by atoms with E-state index in [1.807, 2.05) is 0 Å². The number of imide groups is 1. The second kappa shape index (κ2) is 6.69. The number of aromatic nitrogens is 1. The quantitative estimate of drug-likeness (QED) is 0.753. The molecule has 2 aliphatic rings. The number of ether oxygens (including phenoxy) is 2. The third-order valence-corrected chi connectivity index (χ3v) is 4.95. The minimum absolute atomic E-state index is 0.0100. The fourth-order valence-electron chi connectivity index (χ4n) is 3.42. The summed E-state index contributed by atoms with van der Waals surface area (Å²) in [4.78, 5) is 29.7. The molecule has 1 N–H and O–H groups in total. The Morgan fingerprint density at radius 2 is 2.00 bits per heavy atom. The van der Waals surface area contributed by atoms with Gasteiger partial charge in [-0.1, -0.05) is 6.07 Å². The van der Waals surface area contributed by atoms with Crippen LogP contribution >= 0.6 is 0 Å². The van der Waals surface area contributed by atoms with Crippen LogP contribution in [0.4, 0.5) is 23.7 Å². The van der Waals surface area contributed by atoms with Gasteiger partial charge in [0, 0.05) is 5.56 Å². The molecule has 0 bridgehead atoms. The molecule has 0 radical (unpaired) electrons. The fraction of sp³-hybridized carbons (Fsp3) is 0.350. The van der Waals surface area contributed by atoms with E-state index in [4.69, 9.17) is 9.47 Å². The molecular weight excluding hydrogens is 403 g/mol. The molecule has 3 heterocycles. The van der Waals surface area contributed by atoms with E-state index >= 15 is 0 Å². The van der Waals surface area contributed by atoms with Gasteiger partial charge in [-0.05, 0) is 50.1 Å². The third kappa shape index (κ3) is 3.36. The molecule has 3 amide bonds. The molecule has 1 unspecified atom stereocenters. The predicted octanol–water partition coefficient (Wildman–Crippen LogP) is 4.15. The van der Waals surface area contributed by atoms with E-state index in [-0.39, 0.29) is 29.5 Å². The molecule has 0 spiro atoms. The summed E-state index contributed by atoms with van der Waals surface area (Å²) in [6.07, 6.45) is -5.21. The Morgan fingerprint density at radius 3 is 2.60 bits per heavy atom. The number of nitrogens with one attached hydrogen (secondary N) is 1. The number of hydrogen-bond donors (Lipinski definition) is 1. The van der Waals surface area contributed by atoms with Crippen molar-refractivity contribution < 1.29 is 32.2 Å². The van der Waals surface area contributed by atoms with Crippen molar-refractivity contribution >= 4 is 17.6 Å². The van der Waals surface area contributed by atoms with Gasteiger partial charge in [0.1, 0.15) is 11.3 Å². The van der Waals surface area contributed by atoms with E-state index in [9.17, 15) is 22.8 Å². The minimum Gasteiger partial charge on any atom is -0.439 e. The second-order valence-electron chi connectivity index (χ2n) is 7.71. The maximum atomic E-state index is 13.1. The van der Waals surface area contributed by atoms with Gasteiger partial charge in [0.15, 0.2) is 6.10 Å². The molecule has 1 saturated heterocycles. The molecule has 158 valence electrons. The van der Waals surface area contributed by atoms with Crippen LogP contribution in [0.15, 0.2) is 30.5 Å². The number of benzene rings is 1. The normalized spacial score (nSPS) is 20.3. The molecule has 0 saturated carbocycles. The standard InChI is InChI=1S/C20H18F3N3O4/c1-10-6-12(26-17(27)19(2,3)25-18(26)28)8-24-16(10)30-13-5-4-11-9-29-15(14(11)7-13)20(21,22)23/h4-8,15H,9H2,1-3H3,(H,25,28). The molecule has 10 heteroatoms. The van der Waals surface area contributed by atoms with Gasteiger partial charge in [-0.25, -0.2) is 14.7 Å². The van der Waals surface area contributed by atoms with Gasteiger partial charge >= 0.3 is 12.2 Å². The molecule has 0 aliphatic carbocycles. The lowest BCUT2D eigenvalue weighted by Gasteiger charge is -2.17. The highest BCUT2D eigenvalue weighted by atomic mass is 19.4. The lowest BCUT2D eigenvalue weighted by Crippen LogP contribution is -2.40. The number of aryl methyl sites for hydroxylation is 1. The molecule has 1 fully saturated rings.